The van der Waals surface area contributed by atoms with Crippen molar-refractivity contribution in [2.45, 2.75) is 201 Å². The molecule has 0 radical (unpaired) electrons. The van der Waals surface area contributed by atoms with Gasteiger partial charge in [0.1, 0.15) is 60.8 Å². The van der Waals surface area contributed by atoms with Crippen LogP contribution in [0.3, 0.4) is 0 Å². The van der Waals surface area contributed by atoms with E-state index in [9.17, 15) is 71.9 Å². The fraction of sp³-hybridized carbons (Fsp3) is 0.560. The topological polar surface area (TPSA) is 490 Å². The van der Waals surface area contributed by atoms with Gasteiger partial charge in [-0.25, -0.2) is 24.0 Å². The van der Waals surface area contributed by atoms with E-state index in [2.05, 4.69) is 49.1 Å². The molecule has 1 saturated heterocycles. The zero-order chi connectivity index (χ0) is 84.1. The Morgan fingerprint density at radius 2 is 1.31 bits per heavy atom. The minimum atomic E-state index is -2.03. The molecule has 0 spiro atoms. The summed E-state index contributed by atoms with van der Waals surface area (Å²) in [7, 11) is 4.67. The normalized spacial score (nSPS) is 20.8. The van der Waals surface area contributed by atoms with Crippen LogP contribution in [0.1, 0.15) is 120 Å². The number of cyclic esters (lactones) is 2. The Bertz CT molecular complexity index is 3740. The Hall–Kier alpha value is -11.4. The second-order valence-electron chi connectivity index (χ2n) is 27.8. The second kappa shape index (κ2) is 44.5. The summed E-state index contributed by atoms with van der Waals surface area (Å²) in [6, 6.07) is 0.346. The lowest BCUT2D eigenvalue weighted by atomic mass is 9.95. The number of methoxy groups -OCH3 is 1. The molecule has 2 aromatic carbocycles. The Morgan fingerprint density at radius 3 is 1.88 bits per heavy atom. The van der Waals surface area contributed by atoms with Crippen molar-refractivity contribution >= 4 is 107 Å². The van der Waals surface area contributed by atoms with Crippen molar-refractivity contribution in [1.82, 2.24) is 56.8 Å². The van der Waals surface area contributed by atoms with Gasteiger partial charge in [0.05, 0.1) is 25.9 Å². The van der Waals surface area contributed by atoms with E-state index in [4.69, 9.17) is 38.9 Å². The van der Waals surface area contributed by atoms with Crippen molar-refractivity contribution < 1.29 is 115 Å². The maximum absolute atomic E-state index is 15.5. The summed E-state index contributed by atoms with van der Waals surface area (Å²) in [5.74, 6) is -15.9. The molecular weight excluding hydrogens is 1470 g/mol. The molecule has 0 aromatic heterocycles. The molecule has 616 valence electrons. The molecule has 0 bridgehead atoms. The number of hydrogen-bond donors (Lipinski definition) is 9. The van der Waals surface area contributed by atoms with Crippen LogP contribution in [0.25, 0.3) is 0 Å². The Balaban J connectivity index is 1.64. The highest BCUT2D eigenvalue weighted by atomic mass is 16.7. The Kier molecular flexibility index (Phi) is 36.9. The first kappa shape index (κ1) is 93.0. The number of urea groups is 1. The Labute approximate surface area is 649 Å². The fourth-order valence-electron chi connectivity index (χ4n) is 11.4. The summed E-state index contributed by atoms with van der Waals surface area (Å²) < 4.78 is 40.2. The van der Waals surface area contributed by atoms with Crippen LogP contribution < -0.4 is 48.3 Å². The third-order valence-electron chi connectivity index (χ3n) is 18.2. The van der Waals surface area contributed by atoms with E-state index >= 15 is 9.59 Å². The average Bonchev–Trinajstić information content (AvgIpc) is 0.911. The predicted octanol–water partition coefficient (Wildman–Crippen LogP) is 0.446. The third-order valence-corrected chi connectivity index (χ3v) is 18.2. The van der Waals surface area contributed by atoms with Gasteiger partial charge in [0, 0.05) is 78.8 Å². The highest BCUT2D eigenvalue weighted by Crippen LogP contribution is 2.24. The monoisotopic (exact) mass is 1570 g/mol. The van der Waals surface area contributed by atoms with Crippen molar-refractivity contribution in [3.05, 3.63) is 90.2 Å². The number of benzene rings is 2. The van der Waals surface area contributed by atoms with Crippen LogP contribution in [0.5, 0.6) is 0 Å². The van der Waals surface area contributed by atoms with Gasteiger partial charge < -0.3 is 96.1 Å². The van der Waals surface area contributed by atoms with Gasteiger partial charge in [-0.05, 0) is 81.5 Å². The number of anilines is 1. The zero-order valence-electron chi connectivity index (χ0n) is 66.0. The molecule has 4 rings (SSSR count). The number of nitrogens with two attached hydrogens (primary N) is 1. The van der Waals surface area contributed by atoms with Gasteiger partial charge in [-0.2, -0.15) is 0 Å². The molecule has 13 atom stereocenters. The molecule has 14 amide bonds. The number of primary amides is 1. The summed E-state index contributed by atoms with van der Waals surface area (Å²) in [5.41, 5.74) is 5.73. The maximum Gasteiger partial charge on any atom is 0.508 e. The van der Waals surface area contributed by atoms with E-state index in [1.54, 1.807) is 44.2 Å². The second-order valence-corrected chi connectivity index (χ2v) is 27.8. The number of carbonyl (C=O) groups is 17. The molecule has 0 unspecified atom stereocenters. The first-order chi connectivity index (χ1) is 52.6. The number of amides is 14. The molecule has 2 aromatic rings. The van der Waals surface area contributed by atoms with Gasteiger partial charge >= 0.3 is 30.1 Å². The smallest absolute Gasteiger partial charge is 0.458 e. The molecule has 37 heteroatoms. The first-order valence-corrected chi connectivity index (χ1v) is 36.5. The van der Waals surface area contributed by atoms with E-state index in [0.717, 1.165) is 52.8 Å². The van der Waals surface area contributed by atoms with Gasteiger partial charge in [0.25, 0.3) is 23.6 Å². The van der Waals surface area contributed by atoms with Crippen LogP contribution in [-0.2, 0) is 118 Å². The van der Waals surface area contributed by atoms with Crippen LogP contribution in [-0.4, -0.2) is 254 Å². The number of rotatable bonds is 32. The quantitative estimate of drug-likeness (QED) is 0.0158. The summed E-state index contributed by atoms with van der Waals surface area (Å²) in [6.07, 6.45) is -7.73. The van der Waals surface area contributed by atoms with E-state index in [1.165, 1.54) is 101 Å². The summed E-state index contributed by atoms with van der Waals surface area (Å²) in [6.45, 7) is 20.1. The maximum atomic E-state index is 15.5. The van der Waals surface area contributed by atoms with Crippen molar-refractivity contribution in [2.24, 2.45) is 23.5 Å². The van der Waals surface area contributed by atoms with Crippen molar-refractivity contribution in [3.63, 3.8) is 0 Å². The number of carbonyl (C=O) groups excluding carboxylic acids is 17. The van der Waals surface area contributed by atoms with Gasteiger partial charge in [-0.15, -0.1) is 0 Å². The lowest BCUT2D eigenvalue weighted by Gasteiger charge is -2.38. The number of ether oxygens (including phenoxy) is 7. The molecule has 2 aliphatic rings. The molecule has 1 fully saturated rings. The average molecular weight is 1570 g/mol. The summed E-state index contributed by atoms with van der Waals surface area (Å²) >= 11 is 0. The van der Waals surface area contributed by atoms with Gasteiger partial charge in [-0.1, -0.05) is 97.5 Å². The number of nitrogens with zero attached hydrogens (tertiary/aromatic N) is 4. The third kappa shape index (κ3) is 27.9. The molecular formula is C75H107N13O24. The van der Waals surface area contributed by atoms with E-state index in [0.29, 0.717) is 11.1 Å². The SMILES string of the molecule is C=C1C(=O)N[C@@H](C)C(=O)N(C)[C@@H](C)C(=O)N[C@@H]([C@H](OC(=O)[C@@H](NC(=O)CC)[C@H](OC(=O)OCc2ccc(NC(=O)[C@H](CCCNC(N)=O)NC(=O)[C@@H](NC(=O)CCOCCN3C(=O)C=CC3=O)C(C)C)cc2)C(C)C)C(C)C)C(=O)N(C)[C@@H]([C@@H](C)OC)C(=O)O[C@H](C)[C@H](NC(C)=O)C(=O)O[C@H](Cc2ccccc2)C(=O)N1C. The van der Waals surface area contributed by atoms with Crippen molar-refractivity contribution in [2.75, 3.05) is 59.9 Å². The Morgan fingerprint density at radius 1 is 0.688 bits per heavy atom. The molecule has 2 aliphatic heterocycles. The summed E-state index contributed by atoms with van der Waals surface area (Å²) in [5, 5.41) is 20.4. The van der Waals surface area contributed by atoms with E-state index < -0.39 is 210 Å². The molecule has 112 heavy (non-hydrogen) atoms. The minimum absolute atomic E-state index is 0.0161. The first-order valence-electron chi connectivity index (χ1n) is 36.5. The highest BCUT2D eigenvalue weighted by Gasteiger charge is 2.47. The molecule has 0 saturated carbocycles. The predicted molar refractivity (Wildman–Crippen MR) is 399 cm³/mol. The number of likely N-dealkylation sites (N-methyl/N-ethyl adjacent to an activating group) is 3. The molecule has 10 N–H and O–H groups in total. The minimum Gasteiger partial charge on any atom is -0.458 e. The number of esters is 3. The van der Waals surface area contributed by atoms with Crippen LogP contribution in [0, 0.1) is 17.8 Å². The van der Waals surface area contributed by atoms with Gasteiger partial charge in [0.15, 0.2) is 24.2 Å². The lowest BCUT2D eigenvalue weighted by molar-refractivity contribution is -0.174. The van der Waals surface area contributed by atoms with Gasteiger partial charge in [0.2, 0.25) is 47.3 Å². The molecule has 37 nitrogen and oxygen atoms in total. The van der Waals surface area contributed by atoms with Crippen LogP contribution >= 0.6 is 0 Å². The number of hydrogen-bond acceptors (Lipinski definition) is 24. The molecule has 2 heterocycles. The fourth-order valence-corrected chi connectivity index (χ4v) is 11.4. The summed E-state index contributed by atoms with van der Waals surface area (Å²) in [4.78, 5) is 236. The zero-order valence-corrected chi connectivity index (χ0v) is 66.0. The number of imide groups is 1. The standard InChI is InChI=1S/C75H107N13O24/c1-18-53(90)82-60(63(41(6)7)112-75(105)108-38-49-26-28-50(29-27-49)80-66(96)51(25-22-33-77-74(76)104)81-67(97)57(39(2)3)83-54(91)32-35-107-36-34-88-55(92)30-31-56(88)93)72(102)111-62(40(4)5)59-70(100)87(16)61(46(12)106-17)73(103)109-45(11)58(79-47(13)89)71(101)110-52(37-48-23-20-19-21-24-48)69(99)86(15)43(9)64(94)78-42(8)68(98)85(14)44(10)65(95)84-59/h19-21,23-24,26-31,39-42,44-46,51-52,57-63H,9,18,22,25,32-38H2,1-8,10-17H3,(H,78,94)(H,79,89)(H,80,96)(H,81,97)(H,82,90)(H,83,91)(H,84,95)(H3,76,77,104)/t42-,44-,45+,46+,51-,52+,57-,58-,59-,60-,61-,62+,63+/m0/s1. The van der Waals surface area contributed by atoms with Gasteiger partial charge in [-0.3, -0.25) is 62.4 Å². The number of nitrogens with one attached hydrogen (secondary N) is 8. The van der Waals surface area contributed by atoms with E-state index in [1.807, 2.05) is 0 Å². The van der Waals surface area contributed by atoms with E-state index in [-0.39, 0.29) is 64.1 Å². The molecule has 0 aliphatic carbocycles. The van der Waals surface area contributed by atoms with Crippen LogP contribution in [0.2, 0.25) is 0 Å². The van der Waals surface area contributed by atoms with Crippen LogP contribution in [0.15, 0.2) is 79.0 Å². The van der Waals surface area contributed by atoms with Crippen molar-refractivity contribution in [3.8, 4) is 0 Å². The highest BCUT2D eigenvalue weighted by molar-refractivity contribution is 6.13. The van der Waals surface area contributed by atoms with Crippen molar-refractivity contribution in [1.29, 1.82) is 0 Å². The largest absolute Gasteiger partial charge is 0.508 e. The lowest BCUT2D eigenvalue weighted by Crippen LogP contribution is -2.64. The van der Waals surface area contributed by atoms with Crippen LogP contribution in [0.4, 0.5) is 15.3 Å².